The number of halogens is 2. The van der Waals surface area contributed by atoms with Crippen LogP contribution in [0, 0.1) is 11.6 Å². The summed E-state index contributed by atoms with van der Waals surface area (Å²) in [7, 11) is 1.96. The number of fused-ring (bicyclic) bond motifs is 1. The van der Waals surface area contributed by atoms with Gasteiger partial charge in [0.1, 0.15) is 17.5 Å². The summed E-state index contributed by atoms with van der Waals surface area (Å²) < 4.78 is 35.0. The van der Waals surface area contributed by atoms with E-state index < -0.39 is 29.7 Å². The minimum absolute atomic E-state index is 0.0386. The molecule has 3 aromatic rings. The molecule has 2 atom stereocenters. The molecule has 0 aliphatic heterocycles. The van der Waals surface area contributed by atoms with E-state index in [1.165, 1.54) is 18.2 Å². The molecule has 0 spiro atoms. The minimum Gasteiger partial charge on any atom is -0.390 e. The molecule has 0 bridgehead atoms. The van der Waals surface area contributed by atoms with Crippen molar-refractivity contribution in [3.63, 3.8) is 0 Å². The van der Waals surface area contributed by atoms with E-state index in [0.717, 1.165) is 35.9 Å². The first-order valence-corrected chi connectivity index (χ1v) is 13.2. The van der Waals surface area contributed by atoms with Gasteiger partial charge in [0.25, 0.3) is 5.91 Å². The Hall–Kier alpha value is -3.62. The van der Waals surface area contributed by atoms with Crippen molar-refractivity contribution in [2.75, 3.05) is 20.2 Å². The predicted octanol–water partition coefficient (Wildman–Crippen LogP) is 5.57. The summed E-state index contributed by atoms with van der Waals surface area (Å²) in [5.41, 5.74) is 2.80. The van der Waals surface area contributed by atoms with Gasteiger partial charge in [-0.05, 0) is 73.7 Å². The number of aliphatic hydroxyl groups excluding tert-OH is 1. The largest absolute Gasteiger partial charge is 0.390 e. The number of likely N-dealkylation sites (N-methyl/N-ethyl adjacent to an activating group) is 1. The van der Waals surface area contributed by atoms with Crippen molar-refractivity contribution in [3.05, 3.63) is 89.0 Å². The average Bonchev–Trinajstić information content (AvgIpc) is 3.56. The number of rotatable bonds is 8. The number of carbonyl (C=O) groups is 1. The standard InChI is InChI=1S/C31H33F2N3O3/c1-19(36(3)14-15-39-31(2)12-13-31)34-22-10-8-21-17-28(37)29(25(21)18-22)35-30(38)24-11-9-20(16-27(24)33)23-6-4-5-7-26(23)32/h4-11,16,18,28-29,37H,12-15,17H2,1-3H3,(H,35,38)/b34-19+/t28-,29-/m1/s1. The van der Waals surface area contributed by atoms with Gasteiger partial charge in [-0.15, -0.1) is 0 Å². The molecule has 0 unspecified atom stereocenters. The fourth-order valence-corrected chi connectivity index (χ4v) is 4.82. The Balaban J connectivity index is 1.29. The van der Waals surface area contributed by atoms with Crippen LogP contribution >= 0.6 is 0 Å². The number of amidine groups is 1. The maximum absolute atomic E-state index is 14.9. The van der Waals surface area contributed by atoms with E-state index in [0.29, 0.717) is 30.8 Å². The molecule has 0 radical (unpaired) electrons. The first kappa shape index (κ1) is 27.0. The van der Waals surface area contributed by atoms with Crippen LogP contribution in [0.25, 0.3) is 11.1 Å². The molecule has 6 nitrogen and oxygen atoms in total. The molecule has 3 aromatic carbocycles. The van der Waals surface area contributed by atoms with Gasteiger partial charge in [0.2, 0.25) is 0 Å². The van der Waals surface area contributed by atoms with Gasteiger partial charge in [-0.2, -0.15) is 0 Å². The van der Waals surface area contributed by atoms with Crippen LogP contribution in [-0.4, -0.2) is 53.7 Å². The molecule has 204 valence electrons. The molecule has 5 rings (SSSR count). The third-order valence-electron chi connectivity index (χ3n) is 7.64. The third kappa shape index (κ3) is 6.02. The number of aliphatic imine (C=N–C) groups is 1. The summed E-state index contributed by atoms with van der Waals surface area (Å²) in [5.74, 6) is -1.08. The van der Waals surface area contributed by atoms with Gasteiger partial charge in [0.05, 0.1) is 35.6 Å². The Morgan fingerprint density at radius 1 is 1.13 bits per heavy atom. The van der Waals surface area contributed by atoms with Gasteiger partial charge in [-0.1, -0.05) is 30.3 Å². The van der Waals surface area contributed by atoms with Crippen molar-refractivity contribution < 1.29 is 23.4 Å². The molecule has 1 amide bonds. The fraction of sp³-hybridized carbons (Fsp3) is 0.355. The second-order valence-corrected chi connectivity index (χ2v) is 10.7. The molecule has 1 fully saturated rings. The Morgan fingerprint density at radius 3 is 2.62 bits per heavy atom. The predicted molar refractivity (Wildman–Crippen MR) is 147 cm³/mol. The number of carbonyl (C=O) groups excluding carboxylic acids is 1. The van der Waals surface area contributed by atoms with E-state index in [1.54, 1.807) is 18.2 Å². The highest BCUT2D eigenvalue weighted by atomic mass is 19.1. The summed E-state index contributed by atoms with van der Waals surface area (Å²) in [4.78, 5) is 19.8. The lowest BCUT2D eigenvalue weighted by Crippen LogP contribution is -2.34. The summed E-state index contributed by atoms with van der Waals surface area (Å²) in [5, 5.41) is 13.5. The van der Waals surface area contributed by atoms with Crippen molar-refractivity contribution in [1.29, 1.82) is 0 Å². The fourth-order valence-electron chi connectivity index (χ4n) is 4.82. The van der Waals surface area contributed by atoms with Crippen LogP contribution < -0.4 is 5.32 Å². The quantitative estimate of drug-likeness (QED) is 0.293. The topological polar surface area (TPSA) is 74.2 Å². The molecule has 2 N–H and O–H groups in total. The molecular weight excluding hydrogens is 500 g/mol. The summed E-state index contributed by atoms with van der Waals surface area (Å²) in [6, 6.07) is 15.0. The number of nitrogens with one attached hydrogen (secondary N) is 1. The van der Waals surface area contributed by atoms with E-state index in [1.807, 2.05) is 37.1 Å². The van der Waals surface area contributed by atoms with E-state index in [4.69, 9.17) is 9.73 Å². The van der Waals surface area contributed by atoms with Gasteiger partial charge in [0.15, 0.2) is 0 Å². The smallest absolute Gasteiger partial charge is 0.254 e. The number of ether oxygens (including phenoxy) is 1. The van der Waals surface area contributed by atoms with Crippen molar-refractivity contribution in [2.45, 2.75) is 50.9 Å². The monoisotopic (exact) mass is 533 g/mol. The molecular formula is C31H33F2N3O3. The van der Waals surface area contributed by atoms with Crippen LogP contribution in [-0.2, 0) is 11.2 Å². The Morgan fingerprint density at radius 2 is 1.90 bits per heavy atom. The second-order valence-electron chi connectivity index (χ2n) is 10.7. The lowest BCUT2D eigenvalue weighted by Gasteiger charge is -2.21. The number of benzene rings is 3. The first-order valence-electron chi connectivity index (χ1n) is 13.2. The molecule has 0 heterocycles. The molecule has 0 aromatic heterocycles. The Labute approximate surface area is 227 Å². The zero-order valence-electron chi connectivity index (χ0n) is 22.4. The highest BCUT2D eigenvalue weighted by Gasteiger charge is 2.38. The summed E-state index contributed by atoms with van der Waals surface area (Å²) >= 11 is 0. The van der Waals surface area contributed by atoms with Crippen LogP contribution in [0.1, 0.15) is 54.2 Å². The highest BCUT2D eigenvalue weighted by molar-refractivity contribution is 5.95. The highest BCUT2D eigenvalue weighted by Crippen LogP contribution is 2.38. The Bertz CT molecular complexity index is 1420. The van der Waals surface area contributed by atoms with Gasteiger partial charge < -0.3 is 20.1 Å². The summed E-state index contributed by atoms with van der Waals surface area (Å²) in [6.07, 6.45) is 1.73. The molecule has 1 saturated carbocycles. The molecule has 39 heavy (non-hydrogen) atoms. The van der Waals surface area contributed by atoms with E-state index >= 15 is 0 Å². The minimum atomic E-state index is -0.853. The molecule has 2 aliphatic rings. The SMILES string of the molecule is C/C(=N\c1ccc2c(c1)[C@@H](NC(=O)c1ccc(-c3ccccc3F)cc1F)[C@H](O)C2)N(C)CCOC1(C)CC1. The van der Waals surface area contributed by atoms with E-state index in [-0.39, 0.29) is 16.7 Å². The number of amides is 1. The lowest BCUT2D eigenvalue weighted by atomic mass is 10.0. The zero-order valence-corrected chi connectivity index (χ0v) is 22.4. The van der Waals surface area contributed by atoms with E-state index in [2.05, 4.69) is 12.2 Å². The molecule has 2 aliphatic carbocycles. The second kappa shape index (κ2) is 10.9. The molecule has 8 heteroatoms. The van der Waals surface area contributed by atoms with Gasteiger partial charge in [-0.25, -0.2) is 13.8 Å². The number of hydrogen-bond donors (Lipinski definition) is 2. The Kier molecular flexibility index (Phi) is 7.51. The third-order valence-corrected chi connectivity index (χ3v) is 7.64. The van der Waals surface area contributed by atoms with Crippen molar-refractivity contribution >= 4 is 17.4 Å². The van der Waals surface area contributed by atoms with Crippen molar-refractivity contribution in [1.82, 2.24) is 10.2 Å². The lowest BCUT2D eigenvalue weighted by molar-refractivity contribution is 0.0414. The first-order chi connectivity index (χ1) is 18.6. The van der Waals surface area contributed by atoms with Crippen LogP contribution in [0.15, 0.2) is 65.7 Å². The van der Waals surface area contributed by atoms with Gasteiger partial charge in [-0.3, -0.25) is 4.79 Å². The number of hydrogen-bond acceptors (Lipinski definition) is 4. The maximum Gasteiger partial charge on any atom is 0.254 e. The van der Waals surface area contributed by atoms with E-state index in [9.17, 15) is 18.7 Å². The van der Waals surface area contributed by atoms with Gasteiger partial charge >= 0.3 is 0 Å². The van der Waals surface area contributed by atoms with Crippen molar-refractivity contribution in [3.8, 4) is 11.1 Å². The normalized spacial score (nSPS) is 19.5. The number of nitrogens with zero attached hydrogens (tertiary/aromatic N) is 2. The van der Waals surface area contributed by atoms with Crippen LogP contribution in [0.3, 0.4) is 0 Å². The number of aliphatic hydroxyl groups is 1. The zero-order chi connectivity index (χ0) is 27.7. The average molecular weight is 534 g/mol. The summed E-state index contributed by atoms with van der Waals surface area (Å²) in [6.45, 7) is 5.39. The van der Waals surface area contributed by atoms with Gasteiger partial charge in [0, 0.05) is 25.6 Å². The van der Waals surface area contributed by atoms with Crippen LogP contribution in [0.5, 0.6) is 0 Å². The molecule has 0 saturated heterocycles. The van der Waals surface area contributed by atoms with Crippen LogP contribution in [0.2, 0.25) is 0 Å². The van der Waals surface area contributed by atoms with Crippen molar-refractivity contribution in [2.24, 2.45) is 4.99 Å². The van der Waals surface area contributed by atoms with Crippen LogP contribution in [0.4, 0.5) is 14.5 Å². The maximum atomic E-state index is 14.9.